The second-order valence-electron chi connectivity index (χ2n) is 15.4. The topological polar surface area (TPSA) is 125 Å². The molecule has 3 saturated heterocycles. The number of aliphatic hydroxyl groups is 1. The summed E-state index contributed by atoms with van der Waals surface area (Å²) in [4.78, 5) is 59.4. The third-order valence-electron chi connectivity index (χ3n) is 10.1. The lowest BCUT2D eigenvalue weighted by atomic mass is 9.70. The number of benzene rings is 1. The Morgan fingerprint density at radius 1 is 1.18 bits per heavy atom. The number of rotatable bonds is 16. The molecule has 2 N–H and O–H groups in total. The average Bonchev–Trinajstić information content (AvgIpc) is 3.63. The molecule has 270 valence electrons. The zero-order chi connectivity index (χ0) is 36.3. The molecule has 3 fully saturated rings. The molecule has 0 aliphatic carbocycles. The molecule has 4 rings (SSSR count). The highest BCUT2D eigenvalue weighted by Gasteiger charge is 2.77. The predicted molar refractivity (Wildman–Crippen MR) is 191 cm³/mol. The molecule has 11 heteroatoms. The Labute approximate surface area is 299 Å². The van der Waals surface area contributed by atoms with Crippen molar-refractivity contribution in [2.75, 3.05) is 19.7 Å². The number of fused-ring (bicyclic) bond motifs is 1. The molecule has 8 atom stereocenters. The fraction of sp³-hybridized carbons (Fsp3) is 0.632. The summed E-state index contributed by atoms with van der Waals surface area (Å²) in [5, 5.41) is 13.4. The Balaban J connectivity index is 1.73. The smallest absolute Gasteiger partial charge is 0.313 e. The summed E-state index contributed by atoms with van der Waals surface area (Å²) < 4.78 is 12.9. The van der Waals surface area contributed by atoms with E-state index in [1.807, 2.05) is 51.1 Å². The number of nitrogens with one attached hydrogen (secondary N) is 1. The van der Waals surface area contributed by atoms with Crippen molar-refractivity contribution in [1.82, 2.24) is 15.1 Å². The minimum Gasteiger partial charge on any atom is -0.455 e. The third kappa shape index (κ3) is 7.84. The van der Waals surface area contributed by atoms with Crippen LogP contribution in [0.1, 0.15) is 85.3 Å². The van der Waals surface area contributed by atoms with Crippen LogP contribution in [0.25, 0.3) is 0 Å². The van der Waals surface area contributed by atoms with Crippen molar-refractivity contribution in [2.45, 2.75) is 114 Å². The van der Waals surface area contributed by atoms with E-state index >= 15 is 4.79 Å². The minimum atomic E-state index is -1.32. The molecule has 10 nitrogen and oxygen atoms in total. The van der Waals surface area contributed by atoms with Gasteiger partial charge in [0, 0.05) is 23.3 Å². The monoisotopic (exact) mass is 743 g/mol. The molecule has 2 bridgehead atoms. The van der Waals surface area contributed by atoms with Crippen LogP contribution in [0.3, 0.4) is 0 Å². The number of likely N-dealkylation sites (tertiary alicyclic amines) is 1. The maximum atomic E-state index is 15.0. The molecule has 1 aromatic carbocycles. The normalized spacial score (nSPS) is 27.3. The van der Waals surface area contributed by atoms with Crippen LogP contribution in [-0.2, 0) is 28.7 Å². The predicted octanol–water partition coefficient (Wildman–Crippen LogP) is 5.10. The van der Waals surface area contributed by atoms with Gasteiger partial charge in [0.15, 0.2) is 0 Å². The van der Waals surface area contributed by atoms with E-state index in [1.165, 1.54) is 4.90 Å². The molecular formula is C38H54BrN3O7. The van der Waals surface area contributed by atoms with Gasteiger partial charge in [-0.2, -0.15) is 0 Å². The van der Waals surface area contributed by atoms with Crippen LogP contribution in [0.15, 0.2) is 55.6 Å². The van der Waals surface area contributed by atoms with Crippen molar-refractivity contribution in [1.29, 1.82) is 0 Å². The maximum Gasteiger partial charge on any atom is 0.313 e. The molecule has 3 heterocycles. The molecule has 49 heavy (non-hydrogen) atoms. The first-order chi connectivity index (χ1) is 23.1. The molecule has 0 saturated carbocycles. The number of carbonyl (C=O) groups is 4. The number of halogens is 1. The minimum absolute atomic E-state index is 0.0422. The second kappa shape index (κ2) is 15.5. The summed E-state index contributed by atoms with van der Waals surface area (Å²) >= 11 is 3.74. The van der Waals surface area contributed by atoms with Gasteiger partial charge in [0.2, 0.25) is 17.7 Å². The van der Waals surface area contributed by atoms with E-state index in [9.17, 15) is 19.5 Å². The van der Waals surface area contributed by atoms with Crippen molar-refractivity contribution in [3.8, 4) is 0 Å². The Bertz CT molecular complexity index is 1390. The van der Waals surface area contributed by atoms with Gasteiger partial charge in [0.05, 0.1) is 37.1 Å². The number of allylic oxidation sites excluding steroid dienone is 1. The summed E-state index contributed by atoms with van der Waals surface area (Å²) in [5.74, 6) is -3.54. The van der Waals surface area contributed by atoms with Crippen molar-refractivity contribution >= 4 is 39.6 Å². The number of ether oxygens (including phenoxy) is 2. The van der Waals surface area contributed by atoms with Gasteiger partial charge in [-0.3, -0.25) is 19.2 Å². The Hall–Kier alpha value is -3.02. The van der Waals surface area contributed by atoms with Gasteiger partial charge in [-0.15, -0.1) is 13.2 Å². The van der Waals surface area contributed by atoms with Crippen LogP contribution >= 0.6 is 15.9 Å². The molecule has 3 aliphatic rings. The number of esters is 1. The van der Waals surface area contributed by atoms with Gasteiger partial charge in [-0.1, -0.05) is 86.1 Å². The van der Waals surface area contributed by atoms with E-state index in [0.717, 1.165) is 0 Å². The Morgan fingerprint density at radius 3 is 2.43 bits per heavy atom. The molecule has 3 aliphatic heterocycles. The summed E-state index contributed by atoms with van der Waals surface area (Å²) in [6, 6.07) is 7.40. The van der Waals surface area contributed by atoms with Crippen molar-refractivity contribution in [2.24, 2.45) is 17.3 Å². The first-order valence-corrected chi connectivity index (χ1v) is 18.3. The number of aliphatic hydroxyl groups excluding tert-OH is 1. The van der Waals surface area contributed by atoms with Crippen molar-refractivity contribution in [3.05, 3.63) is 61.2 Å². The lowest BCUT2D eigenvalue weighted by Crippen LogP contribution is -2.62. The van der Waals surface area contributed by atoms with E-state index in [-0.39, 0.29) is 48.2 Å². The van der Waals surface area contributed by atoms with Crippen molar-refractivity contribution < 1.29 is 33.8 Å². The average molecular weight is 745 g/mol. The standard InChI is InChI=1S/C38H54BrN3O7/c1-9-12-18-28(44)40-21-27(24-16-14-13-15-17-24)48-35(47)29-30-33(45)42(25(11-3)22-43)32(38(30)20-26(39)31(29)49-38)34(46)41(19-10-2)37(7,8)23-36(4,5)6/h9-10,13-17,25-27,29-32,43H,1-2,11-12,18-23H2,3-8H3,(H,40,44)/t25-,26?,27+,29+,30-,31+,32+,38-/m0/s1. The fourth-order valence-electron chi connectivity index (χ4n) is 8.37. The van der Waals surface area contributed by atoms with Crippen molar-refractivity contribution in [3.63, 3.8) is 0 Å². The van der Waals surface area contributed by atoms with Crippen LogP contribution in [-0.4, -0.2) is 92.4 Å². The zero-order valence-corrected chi connectivity index (χ0v) is 31.4. The summed E-state index contributed by atoms with van der Waals surface area (Å²) in [5.41, 5.74) is -1.35. The van der Waals surface area contributed by atoms with Gasteiger partial charge in [0.25, 0.3) is 0 Å². The fourth-order valence-corrected chi connectivity index (χ4v) is 9.31. The second-order valence-corrected chi connectivity index (χ2v) is 16.6. The molecular weight excluding hydrogens is 690 g/mol. The highest BCUT2D eigenvalue weighted by Crippen LogP contribution is 2.61. The molecule has 0 radical (unpaired) electrons. The quantitative estimate of drug-likeness (QED) is 0.137. The maximum absolute atomic E-state index is 15.0. The number of amides is 3. The number of alkyl halides is 1. The first kappa shape index (κ1) is 38.8. The number of hydrogen-bond donors (Lipinski definition) is 2. The van der Waals surface area contributed by atoms with Gasteiger partial charge < -0.3 is 29.7 Å². The summed E-state index contributed by atoms with van der Waals surface area (Å²) in [6.07, 6.45) is 3.99. The Kier molecular flexibility index (Phi) is 12.2. The highest BCUT2D eigenvalue weighted by atomic mass is 79.9. The summed E-state index contributed by atoms with van der Waals surface area (Å²) in [6.45, 7) is 19.8. The summed E-state index contributed by atoms with van der Waals surface area (Å²) in [7, 11) is 0. The third-order valence-corrected chi connectivity index (χ3v) is 10.9. The van der Waals surface area contributed by atoms with Crippen LogP contribution in [0.2, 0.25) is 0 Å². The molecule has 1 unspecified atom stereocenters. The van der Waals surface area contributed by atoms with Crippen LogP contribution in [0.5, 0.6) is 0 Å². The van der Waals surface area contributed by atoms with Crippen LogP contribution < -0.4 is 5.32 Å². The molecule has 0 aromatic heterocycles. The number of nitrogens with zero attached hydrogens (tertiary/aromatic N) is 2. The van der Waals surface area contributed by atoms with Crippen LogP contribution in [0, 0.1) is 17.3 Å². The van der Waals surface area contributed by atoms with Crippen LogP contribution in [0.4, 0.5) is 0 Å². The highest BCUT2D eigenvalue weighted by molar-refractivity contribution is 9.09. The van der Waals surface area contributed by atoms with E-state index in [2.05, 4.69) is 55.2 Å². The number of carbonyl (C=O) groups excluding carboxylic acids is 4. The van der Waals surface area contributed by atoms with Gasteiger partial charge in [0.1, 0.15) is 17.7 Å². The molecule has 3 amide bonds. The van der Waals surface area contributed by atoms with E-state index in [0.29, 0.717) is 31.2 Å². The van der Waals surface area contributed by atoms with Gasteiger partial charge in [-0.25, -0.2) is 0 Å². The Morgan fingerprint density at radius 2 is 1.86 bits per heavy atom. The van der Waals surface area contributed by atoms with E-state index in [1.54, 1.807) is 17.1 Å². The zero-order valence-electron chi connectivity index (χ0n) is 29.8. The largest absolute Gasteiger partial charge is 0.455 e. The SMILES string of the molecule is C=CCCC(=O)NC[C@@H](OC(=O)[C@H]1[C@@H]2O[C@@]3(CC2Br)[C@@H]1C(=O)N([C@@H](CC)CO)[C@@H]3C(=O)N(CC=C)C(C)(C)CC(C)(C)C)c1ccccc1. The van der Waals surface area contributed by atoms with E-state index in [4.69, 9.17) is 9.47 Å². The first-order valence-electron chi connectivity index (χ1n) is 17.4. The molecule has 1 spiro atoms. The number of hydrogen-bond acceptors (Lipinski definition) is 7. The van der Waals surface area contributed by atoms with Gasteiger partial charge >= 0.3 is 5.97 Å². The van der Waals surface area contributed by atoms with E-state index < -0.39 is 59.1 Å². The molecule has 1 aromatic rings. The van der Waals surface area contributed by atoms with Gasteiger partial charge in [-0.05, 0) is 50.5 Å². The lowest BCUT2D eigenvalue weighted by molar-refractivity contribution is -0.161. The lowest BCUT2D eigenvalue weighted by Gasteiger charge is -2.46.